The van der Waals surface area contributed by atoms with Crippen LogP contribution in [0.15, 0.2) is 36.7 Å². The molecule has 0 spiro atoms. The Hall–Kier alpha value is -2.27. The van der Waals surface area contributed by atoms with Crippen LogP contribution >= 0.6 is 0 Å². The molecule has 1 fully saturated rings. The minimum absolute atomic E-state index is 0.432. The van der Waals surface area contributed by atoms with Crippen molar-refractivity contribution in [3.63, 3.8) is 0 Å². The number of nitrogens with two attached hydrogens (primary N) is 1. The van der Waals surface area contributed by atoms with Gasteiger partial charge in [-0.25, -0.2) is 4.98 Å². The lowest BCUT2D eigenvalue weighted by Crippen LogP contribution is -2.21. The third kappa shape index (κ3) is 3.49. The predicted octanol–water partition coefficient (Wildman–Crippen LogP) is 1.93. The Morgan fingerprint density at radius 2 is 2.27 bits per heavy atom. The second-order valence-corrected chi connectivity index (χ2v) is 5.67. The lowest BCUT2D eigenvalue weighted by molar-refractivity contribution is 0.100. The average Bonchev–Trinajstić information content (AvgIpc) is 3.07. The molecule has 0 aliphatic carbocycles. The SMILES string of the molecule is NC(=O)c1cccc(-c2cncc(CC[C@@H]3CCCN3)n2)c1. The smallest absolute Gasteiger partial charge is 0.248 e. The number of carbonyl (C=O) groups excluding carboxylic acids is 1. The van der Waals surface area contributed by atoms with Crippen molar-refractivity contribution in [1.29, 1.82) is 0 Å². The molecule has 1 aliphatic rings. The summed E-state index contributed by atoms with van der Waals surface area (Å²) in [7, 11) is 0. The van der Waals surface area contributed by atoms with Crippen LogP contribution in [0.1, 0.15) is 35.3 Å². The van der Waals surface area contributed by atoms with Gasteiger partial charge in [0.15, 0.2) is 0 Å². The van der Waals surface area contributed by atoms with E-state index in [1.165, 1.54) is 12.8 Å². The largest absolute Gasteiger partial charge is 0.366 e. The van der Waals surface area contributed by atoms with Crippen LogP contribution < -0.4 is 11.1 Å². The summed E-state index contributed by atoms with van der Waals surface area (Å²) in [6.45, 7) is 1.12. The van der Waals surface area contributed by atoms with E-state index in [0.29, 0.717) is 11.6 Å². The van der Waals surface area contributed by atoms with Gasteiger partial charge in [0.25, 0.3) is 0 Å². The molecular formula is C17H20N4O. The first kappa shape index (κ1) is 14.7. The molecule has 1 aromatic carbocycles. The monoisotopic (exact) mass is 296 g/mol. The van der Waals surface area contributed by atoms with Crippen molar-refractivity contribution in [1.82, 2.24) is 15.3 Å². The number of aryl methyl sites for hydroxylation is 1. The summed E-state index contributed by atoms with van der Waals surface area (Å²) in [5.41, 5.74) is 8.44. The molecule has 22 heavy (non-hydrogen) atoms. The van der Waals surface area contributed by atoms with Gasteiger partial charge in [-0.05, 0) is 44.4 Å². The summed E-state index contributed by atoms with van der Waals surface area (Å²) in [5, 5.41) is 3.49. The highest BCUT2D eigenvalue weighted by Gasteiger charge is 2.14. The first-order valence-corrected chi connectivity index (χ1v) is 7.67. The standard InChI is InChI=1S/C17H20N4O/c18-17(22)13-4-1-3-12(9-13)16-11-19-10-15(21-16)7-6-14-5-2-8-20-14/h1,3-4,9-11,14,20H,2,5-8H2,(H2,18,22)/t14-/m0/s1. The van der Waals surface area contributed by atoms with E-state index in [4.69, 9.17) is 5.73 Å². The molecule has 0 saturated carbocycles. The molecule has 114 valence electrons. The van der Waals surface area contributed by atoms with E-state index in [1.807, 2.05) is 18.3 Å². The molecule has 2 heterocycles. The van der Waals surface area contributed by atoms with Gasteiger partial charge in [-0.15, -0.1) is 0 Å². The van der Waals surface area contributed by atoms with Crippen LogP contribution in [-0.4, -0.2) is 28.5 Å². The number of amides is 1. The zero-order chi connectivity index (χ0) is 15.4. The maximum atomic E-state index is 11.3. The first-order chi connectivity index (χ1) is 10.7. The number of primary amides is 1. The van der Waals surface area contributed by atoms with Crippen molar-refractivity contribution in [2.45, 2.75) is 31.7 Å². The van der Waals surface area contributed by atoms with Crippen LogP contribution in [-0.2, 0) is 6.42 Å². The number of rotatable bonds is 5. The first-order valence-electron chi connectivity index (χ1n) is 7.67. The van der Waals surface area contributed by atoms with E-state index in [-0.39, 0.29) is 0 Å². The van der Waals surface area contributed by atoms with Crippen LogP contribution in [0.5, 0.6) is 0 Å². The zero-order valence-corrected chi connectivity index (χ0v) is 12.5. The molecule has 0 bridgehead atoms. The fourth-order valence-corrected chi connectivity index (χ4v) is 2.82. The summed E-state index contributed by atoms with van der Waals surface area (Å²) in [5.74, 6) is -0.432. The Labute approximate surface area is 130 Å². The molecule has 1 aromatic heterocycles. The van der Waals surface area contributed by atoms with E-state index in [0.717, 1.165) is 36.3 Å². The fraction of sp³-hybridized carbons (Fsp3) is 0.353. The highest BCUT2D eigenvalue weighted by Crippen LogP contribution is 2.19. The Morgan fingerprint density at radius 1 is 1.36 bits per heavy atom. The summed E-state index contributed by atoms with van der Waals surface area (Å²) in [6.07, 6.45) is 8.03. The van der Waals surface area contributed by atoms with Gasteiger partial charge in [0, 0.05) is 23.4 Å². The minimum atomic E-state index is -0.432. The normalized spacial score (nSPS) is 17.5. The summed E-state index contributed by atoms with van der Waals surface area (Å²) in [4.78, 5) is 20.2. The van der Waals surface area contributed by atoms with Crippen LogP contribution in [0.4, 0.5) is 0 Å². The quantitative estimate of drug-likeness (QED) is 0.883. The summed E-state index contributed by atoms with van der Waals surface area (Å²) < 4.78 is 0. The molecule has 3 N–H and O–H groups in total. The molecule has 0 unspecified atom stereocenters. The number of benzene rings is 1. The Morgan fingerprint density at radius 3 is 3.05 bits per heavy atom. The maximum absolute atomic E-state index is 11.3. The van der Waals surface area contributed by atoms with Gasteiger partial charge in [-0.3, -0.25) is 9.78 Å². The summed E-state index contributed by atoms with van der Waals surface area (Å²) >= 11 is 0. The highest BCUT2D eigenvalue weighted by atomic mass is 16.1. The molecule has 1 amide bonds. The van der Waals surface area contributed by atoms with Crippen molar-refractivity contribution < 1.29 is 4.79 Å². The molecule has 1 aliphatic heterocycles. The minimum Gasteiger partial charge on any atom is -0.366 e. The Kier molecular flexibility index (Phi) is 4.44. The van der Waals surface area contributed by atoms with E-state index in [1.54, 1.807) is 18.3 Å². The number of nitrogens with one attached hydrogen (secondary N) is 1. The Balaban J connectivity index is 1.75. The van der Waals surface area contributed by atoms with Crippen LogP contribution in [0.25, 0.3) is 11.3 Å². The third-order valence-electron chi connectivity index (χ3n) is 4.04. The van der Waals surface area contributed by atoms with Crippen molar-refractivity contribution in [3.8, 4) is 11.3 Å². The van der Waals surface area contributed by atoms with Crippen molar-refractivity contribution in [2.24, 2.45) is 5.73 Å². The van der Waals surface area contributed by atoms with Gasteiger partial charge < -0.3 is 11.1 Å². The molecule has 5 heteroatoms. The molecule has 5 nitrogen and oxygen atoms in total. The second-order valence-electron chi connectivity index (χ2n) is 5.67. The lowest BCUT2D eigenvalue weighted by atomic mass is 10.1. The van der Waals surface area contributed by atoms with Crippen molar-refractivity contribution in [2.75, 3.05) is 6.54 Å². The molecule has 3 rings (SSSR count). The summed E-state index contributed by atoms with van der Waals surface area (Å²) in [6, 6.07) is 7.79. The van der Waals surface area contributed by atoms with Gasteiger partial charge in [0.2, 0.25) is 5.91 Å². The molecule has 1 atom stereocenters. The molecule has 0 radical (unpaired) electrons. The van der Waals surface area contributed by atoms with Crippen molar-refractivity contribution >= 4 is 5.91 Å². The van der Waals surface area contributed by atoms with Gasteiger partial charge in [-0.2, -0.15) is 0 Å². The van der Waals surface area contributed by atoms with E-state index in [2.05, 4.69) is 15.3 Å². The van der Waals surface area contributed by atoms with Gasteiger partial charge >= 0.3 is 0 Å². The number of hydrogen-bond donors (Lipinski definition) is 2. The van der Waals surface area contributed by atoms with Crippen LogP contribution in [0.3, 0.4) is 0 Å². The van der Waals surface area contributed by atoms with Gasteiger partial charge in [0.05, 0.1) is 17.6 Å². The molecular weight excluding hydrogens is 276 g/mol. The third-order valence-corrected chi connectivity index (χ3v) is 4.04. The maximum Gasteiger partial charge on any atom is 0.248 e. The zero-order valence-electron chi connectivity index (χ0n) is 12.5. The van der Waals surface area contributed by atoms with E-state index < -0.39 is 5.91 Å². The van der Waals surface area contributed by atoms with Crippen LogP contribution in [0, 0.1) is 0 Å². The molecule has 1 saturated heterocycles. The predicted molar refractivity (Wildman–Crippen MR) is 85.3 cm³/mol. The Bertz CT molecular complexity index is 665. The van der Waals surface area contributed by atoms with Crippen LogP contribution in [0.2, 0.25) is 0 Å². The molecule has 2 aromatic rings. The number of carbonyl (C=O) groups is 1. The van der Waals surface area contributed by atoms with E-state index in [9.17, 15) is 4.79 Å². The average molecular weight is 296 g/mol. The van der Waals surface area contributed by atoms with Gasteiger partial charge in [0.1, 0.15) is 0 Å². The van der Waals surface area contributed by atoms with Crippen molar-refractivity contribution in [3.05, 3.63) is 47.9 Å². The fourth-order valence-electron chi connectivity index (χ4n) is 2.82. The van der Waals surface area contributed by atoms with E-state index >= 15 is 0 Å². The second kappa shape index (κ2) is 6.66. The highest BCUT2D eigenvalue weighted by molar-refractivity contribution is 5.93. The number of nitrogens with zero attached hydrogens (tertiary/aromatic N) is 2. The lowest BCUT2D eigenvalue weighted by Gasteiger charge is -2.10. The topological polar surface area (TPSA) is 80.9 Å². The van der Waals surface area contributed by atoms with Gasteiger partial charge in [-0.1, -0.05) is 12.1 Å². The number of hydrogen-bond acceptors (Lipinski definition) is 4. The number of aromatic nitrogens is 2.